The van der Waals surface area contributed by atoms with Crippen LogP contribution in [-0.2, 0) is 11.2 Å². The summed E-state index contributed by atoms with van der Waals surface area (Å²) in [7, 11) is 0. The largest absolute Gasteiger partial charge is 0.326 e. The lowest BCUT2D eigenvalue weighted by atomic mass is 10.1. The highest BCUT2D eigenvalue weighted by molar-refractivity contribution is 5.99. The molecule has 2 aromatic rings. The first-order valence-electron chi connectivity index (χ1n) is 5.02. The second-order valence-electron chi connectivity index (χ2n) is 3.69. The van der Waals surface area contributed by atoms with E-state index in [1.807, 2.05) is 18.2 Å². The van der Waals surface area contributed by atoms with Gasteiger partial charge in [0.1, 0.15) is 0 Å². The fraction of sp³-hybridized carbons (Fsp3) is 0.0833. The molecule has 0 spiro atoms. The number of carbonyl (C=O) groups excluding carboxylic acids is 1. The number of fused-ring (bicyclic) bond motifs is 1. The van der Waals surface area contributed by atoms with Gasteiger partial charge in [0.05, 0.1) is 18.3 Å². The molecule has 2 heterocycles. The molecular weight excluding hydrogens is 202 g/mol. The van der Waals surface area contributed by atoms with Crippen LogP contribution in [0, 0.1) is 0 Å². The average Bonchev–Trinajstić information content (AvgIpc) is 2.69. The Morgan fingerprint density at radius 3 is 3.00 bits per heavy atom. The smallest absolute Gasteiger partial charge is 0.228 e. The summed E-state index contributed by atoms with van der Waals surface area (Å²) in [6.45, 7) is 0. The van der Waals surface area contributed by atoms with Crippen molar-refractivity contribution < 1.29 is 4.79 Å². The molecule has 78 valence electrons. The van der Waals surface area contributed by atoms with Crippen LogP contribution >= 0.6 is 0 Å². The molecule has 1 N–H and O–H groups in total. The number of amides is 1. The highest BCUT2D eigenvalue weighted by Gasteiger charge is 2.17. The van der Waals surface area contributed by atoms with Crippen molar-refractivity contribution in [3.63, 3.8) is 0 Å². The van der Waals surface area contributed by atoms with Crippen LogP contribution in [0.5, 0.6) is 0 Å². The van der Waals surface area contributed by atoms with Crippen molar-refractivity contribution in [2.75, 3.05) is 5.32 Å². The monoisotopic (exact) mass is 211 g/mol. The predicted octanol–water partition coefficient (Wildman–Crippen LogP) is 1.64. The second-order valence-corrected chi connectivity index (χ2v) is 3.69. The molecule has 0 saturated carbocycles. The van der Waals surface area contributed by atoms with Gasteiger partial charge in [0.2, 0.25) is 5.91 Å². The minimum atomic E-state index is 0.0475. The molecule has 1 aromatic heterocycles. The number of carbonyl (C=O) groups is 1. The molecule has 0 aliphatic carbocycles. The Bertz CT molecular complexity index is 551. The average molecular weight is 211 g/mol. The Hall–Kier alpha value is -2.23. The summed E-state index contributed by atoms with van der Waals surface area (Å²) in [5.74, 6) is 0.0475. The molecule has 0 radical (unpaired) electrons. The molecule has 3 rings (SSSR count). The molecule has 1 aromatic carbocycles. The SMILES string of the molecule is O=C1Cc2cc(-c3cnccn3)ccc2N1. The van der Waals surface area contributed by atoms with Crippen molar-refractivity contribution in [1.29, 1.82) is 0 Å². The van der Waals surface area contributed by atoms with Gasteiger partial charge in [-0.05, 0) is 17.7 Å². The molecule has 0 unspecified atom stereocenters. The quantitative estimate of drug-likeness (QED) is 0.780. The Balaban J connectivity index is 2.06. The van der Waals surface area contributed by atoms with Gasteiger partial charge in [-0.15, -0.1) is 0 Å². The molecule has 4 nitrogen and oxygen atoms in total. The van der Waals surface area contributed by atoms with Crippen LogP contribution in [0.3, 0.4) is 0 Å². The van der Waals surface area contributed by atoms with Crippen LogP contribution in [-0.4, -0.2) is 15.9 Å². The van der Waals surface area contributed by atoms with Crippen molar-refractivity contribution in [2.24, 2.45) is 0 Å². The van der Waals surface area contributed by atoms with E-state index in [1.165, 1.54) is 0 Å². The number of nitrogens with one attached hydrogen (secondary N) is 1. The van der Waals surface area contributed by atoms with E-state index in [0.717, 1.165) is 22.5 Å². The molecule has 0 saturated heterocycles. The first-order chi connectivity index (χ1) is 7.83. The molecule has 0 bridgehead atoms. The van der Waals surface area contributed by atoms with Gasteiger partial charge in [-0.2, -0.15) is 0 Å². The van der Waals surface area contributed by atoms with Crippen LogP contribution in [0.4, 0.5) is 5.69 Å². The standard InChI is InChI=1S/C12H9N3O/c16-12-6-9-5-8(1-2-10(9)15-12)11-7-13-3-4-14-11/h1-5,7H,6H2,(H,15,16). The van der Waals surface area contributed by atoms with Crippen molar-refractivity contribution in [2.45, 2.75) is 6.42 Å². The zero-order valence-corrected chi connectivity index (χ0v) is 8.47. The molecule has 1 aliphatic rings. The Morgan fingerprint density at radius 1 is 1.25 bits per heavy atom. The summed E-state index contributed by atoms with van der Waals surface area (Å²) in [5.41, 5.74) is 3.73. The number of aromatic nitrogens is 2. The third-order valence-corrected chi connectivity index (χ3v) is 2.59. The second kappa shape index (κ2) is 3.41. The maximum Gasteiger partial charge on any atom is 0.228 e. The number of rotatable bonds is 1. The maximum atomic E-state index is 11.2. The molecule has 1 aliphatic heterocycles. The summed E-state index contributed by atoms with van der Waals surface area (Å²) in [6.07, 6.45) is 5.46. The summed E-state index contributed by atoms with van der Waals surface area (Å²) in [6, 6.07) is 5.83. The maximum absolute atomic E-state index is 11.2. The molecule has 1 amide bonds. The highest BCUT2D eigenvalue weighted by atomic mass is 16.1. The highest BCUT2D eigenvalue weighted by Crippen LogP contribution is 2.27. The van der Waals surface area contributed by atoms with Gasteiger partial charge in [0, 0.05) is 23.6 Å². The van der Waals surface area contributed by atoms with Crippen molar-refractivity contribution in [3.05, 3.63) is 42.4 Å². The zero-order chi connectivity index (χ0) is 11.0. The van der Waals surface area contributed by atoms with Crippen LogP contribution in [0.15, 0.2) is 36.8 Å². The van der Waals surface area contributed by atoms with E-state index in [2.05, 4.69) is 15.3 Å². The van der Waals surface area contributed by atoms with Gasteiger partial charge in [-0.1, -0.05) is 6.07 Å². The van der Waals surface area contributed by atoms with Gasteiger partial charge in [-0.3, -0.25) is 14.8 Å². The summed E-state index contributed by atoms with van der Waals surface area (Å²) >= 11 is 0. The zero-order valence-electron chi connectivity index (χ0n) is 8.47. The van der Waals surface area contributed by atoms with E-state index >= 15 is 0 Å². The number of benzene rings is 1. The van der Waals surface area contributed by atoms with Gasteiger partial charge in [0.15, 0.2) is 0 Å². The molecule has 16 heavy (non-hydrogen) atoms. The Kier molecular flexibility index (Phi) is 1.93. The normalized spacial score (nSPS) is 13.4. The first-order valence-corrected chi connectivity index (χ1v) is 5.02. The van der Waals surface area contributed by atoms with Gasteiger partial charge in [-0.25, -0.2) is 0 Å². The fourth-order valence-electron chi connectivity index (χ4n) is 1.84. The van der Waals surface area contributed by atoms with Gasteiger partial charge < -0.3 is 5.32 Å². The van der Waals surface area contributed by atoms with Crippen LogP contribution < -0.4 is 5.32 Å². The fourth-order valence-corrected chi connectivity index (χ4v) is 1.84. The number of nitrogens with zero attached hydrogens (tertiary/aromatic N) is 2. The topological polar surface area (TPSA) is 54.9 Å². The number of anilines is 1. The minimum absolute atomic E-state index is 0.0475. The molecule has 0 atom stereocenters. The lowest BCUT2D eigenvalue weighted by Gasteiger charge is -2.02. The van der Waals surface area contributed by atoms with Crippen LogP contribution in [0.1, 0.15) is 5.56 Å². The van der Waals surface area contributed by atoms with Crippen molar-refractivity contribution >= 4 is 11.6 Å². The van der Waals surface area contributed by atoms with Crippen molar-refractivity contribution in [3.8, 4) is 11.3 Å². The minimum Gasteiger partial charge on any atom is -0.326 e. The summed E-state index contributed by atoms with van der Waals surface area (Å²) in [5, 5.41) is 2.80. The third kappa shape index (κ3) is 1.44. The molecular formula is C12H9N3O. The molecule has 0 fully saturated rings. The van der Waals surface area contributed by atoms with E-state index in [-0.39, 0.29) is 5.91 Å². The van der Waals surface area contributed by atoms with Gasteiger partial charge in [0.25, 0.3) is 0 Å². The number of hydrogen-bond acceptors (Lipinski definition) is 3. The van der Waals surface area contributed by atoms with Crippen LogP contribution in [0.25, 0.3) is 11.3 Å². The first kappa shape index (κ1) is 9.03. The van der Waals surface area contributed by atoms with Gasteiger partial charge >= 0.3 is 0 Å². The summed E-state index contributed by atoms with van der Waals surface area (Å²) in [4.78, 5) is 19.5. The predicted molar refractivity (Wildman–Crippen MR) is 59.8 cm³/mol. The number of hydrogen-bond donors (Lipinski definition) is 1. The molecule has 4 heteroatoms. The van der Waals surface area contributed by atoms with Crippen LogP contribution in [0.2, 0.25) is 0 Å². The lowest BCUT2D eigenvalue weighted by Crippen LogP contribution is -2.03. The van der Waals surface area contributed by atoms with E-state index in [4.69, 9.17) is 0 Å². The summed E-state index contributed by atoms with van der Waals surface area (Å²) < 4.78 is 0. The van der Waals surface area contributed by atoms with Crippen molar-refractivity contribution in [1.82, 2.24) is 9.97 Å². The van der Waals surface area contributed by atoms with E-state index < -0.39 is 0 Å². The lowest BCUT2D eigenvalue weighted by molar-refractivity contribution is -0.115. The van der Waals surface area contributed by atoms with E-state index in [1.54, 1.807) is 18.6 Å². The van der Waals surface area contributed by atoms with E-state index in [0.29, 0.717) is 6.42 Å². The third-order valence-electron chi connectivity index (χ3n) is 2.59. The Morgan fingerprint density at radius 2 is 2.19 bits per heavy atom. The Labute approximate surface area is 92.4 Å². The van der Waals surface area contributed by atoms with E-state index in [9.17, 15) is 4.79 Å².